The lowest BCUT2D eigenvalue weighted by atomic mass is 9.51. The molecular weight excluding hydrogens is 458 g/mol. The van der Waals surface area contributed by atoms with Crippen LogP contribution in [0.2, 0.25) is 0 Å². The van der Waals surface area contributed by atoms with Crippen molar-refractivity contribution in [2.45, 2.75) is 76.2 Å². The Hall–Kier alpha value is -2.34. The zero-order valence-corrected chi connectivity index (χ0v) is 22.1. The van der Waals surface area contributed by atoms with Gasteiger partial charge < -0.3 is 10.0 Å². The minimum Gasteiger partial charge on any atom is -0.508 e. The van der Waals surface area contributed by atoms with Crippen molar-refractivity contribution < 1.29 is 18.3 Å². The Morgan fingerprint density at radius 2 is 1.86 bits per heavy atom. The number of carbonyl (C=O) groups excluding carboxylic acids is 1. The number of piperidine rings is 1. The van der Waals surface area contributed by atoms with Crippen molar-refractivity contribution in [2.75, 3.05) is 12.3 Å². The van der Waals surface area contributed by atoms with E-state index in [1.165, 1.54) is 5.56 Å². The molecule has 3 aliphatic rings. The molecule has 0 aromatic heterocycles. The number of likely N-dealkylation sites (tertiary alicyclic amines) is 1. The number of aromatic hydroxyl groups is 1. The van der Waals surface area contributed by atoms with Crippen molar-refractivity contribution in [3.8, 4) is 5.75 Å². The van der Waals surface area contributed by atoms with Crippen LogP contribution in [0.4, 0.5) is 0 Å². The molecule has 6 heteroatoms. The van der Waals surface area contributed by atoms with Gasteiger partial charge in [0.25, 0.3) is 0 Å². The Bertz CT molecular complexity index is 1270. The summed E-state index contributed by atoms with van der Waals surface area (Å²) in [7, 11) is -3.37. The fourth-order valence-corrected chi connectivity index (χ4v) is 8.86. The molecule has 4 atom stereocenters. The smallest absolute Gasteiger partial charge is 0.225 e. The van der Waals surface area contributed by atoms with Crippen LogP contribution in [0.1, 0.15) is 63.1 Å². The molecule has 1 heterocycles. The SMILES string of the molecule is Cc1cccc(S(=O)(=O)CC2CC[C@@H](C(=O)N3CC[C@@]4(C)c5cccc(O)c5C[C@@H]3C4(C)C)C2)c1. The molecule has 188 valence electrons. The lowest BCUT2D eigenvalue weighted by Gasteiger charge is -2.61. The fourth-order valence-electron chi connectivity index (χ4n) is 7.09. The standard InChI is InChI=1S/C29H37NO4S/c1-19-7-5-8-22(15-19)35(33,34)18-20-11-12-21(16-20)27(32)30-14-13-29(4)24-9-6-10-25(31)23(24)17-26(30)28(29,2)3/h5-10,15,20-21,26,31H,11-14,16-18H2,1-4H3/t20?,21-,26-,29+/m1/s1. The monoisotopic (exact) mass is 495 g/mol. The molecule has 2 aromatic carbocycles. The first-order valence-corrected chi connectivity index (χ1v) is 14.5. The lowest BCUT2D eigenvalue weighted by molar-refractivity contribution is -0.148. The summed E-state index contributed by atoms with van der Waals surface area (Å²) in [4.78, 5) is 16.3. The molecule has 1 saturated carbocycles. The molecule has 2 bridgehead atoms. The fraction of sp³-hybridized carbons (Fsp3) is 0.552. The molecule has 5 rings (SSSR count). The molecule has 2 aliphatic carbocycles. The number of phenols is 1. The minimum absolute atomic E-state index is 0.00801. The van der Waals surface area contributed by atoms with Gasteiger partial charge in [0.2, 0.25) is 5.91 Å². The van der Waals surface area contributed by atoms with Gasteiger partial charge in [-0.3, -0.25) is 4.79 Å². The Balaban J connectivity index is 1.33. The van der Waals surface area contributed by atoms with Gasteiger partial charge in [0, 0.05) is 23.9 Å². The number of amides is 1. The van der Waals surface area contributed by atoms with Crippen LogP contribution < -0.4 is 0 Å². The first-order chi connectivity index (χ1) is 16.4. The summed E-state index contributed by atoms with van der Waals surface area (Å²) in [6, 6.07) is 12.9. The maximum Gasteiger partial charge on any atom is 0.225 e. The van der Waals surface area contributed by atoms with E-state index >= 15 is 0 Å². The number of phenolic OH excluding ortho intramolecular Hbond substituents is 1. The third-order valence-electron chi connectivity index (χ3n) is 9.60. The summed E-state index contributed by atoms with van der Waals surface area (Å²) in [5, 5.41) is 10.6. The van der Waals surface area contributed by atoms with Gasteiger partial charge in [-0.1, -0.05) is 45.0 Å². The largest absolute Gasteiger partial charge is 0.508 e. The number of hydrogen-bond donors (Lipinski definition) is 1. The zero-order chi connectivity index (χ0) is 25.2. The molecule has 2 fully saturated rings. The first-order valence-electron chi connectivity index (χ1n) is 12.9. The van der Waals surface area contributed by atoms with Crippen molar-refractivity contribution in [3.63, 3.8) is 0 Å². The topological polar surface area (TPSA) is 74.7 Å². The van der Waals surface area contributed by atoms with Gasteiger partial charge in [-0.15, -0.1) is 0 Å². The van der Waals surface area contributed by atoms with Crippen LogP contribution in [0, 0.1) is 24.2 Å². The Morgan fingerprint density at radius 3 is 2.60 bits per heavy atom. The van der Waals surface area contributed by atoms with Gasteiger partial charge in [-0.25, -0.2) is 8.42 Å². The van der Waals surface area contributed by atoms with Crippen LogP contribution in [0.15, 0.2) is 47.4 Å². The molecule has 0 radical (unpaired) electrons. The van der Waals surface area contributed by atoms with E-state index < -0.39 is 9.84 Å². The average molecular weight is 496 g/mol. The predicted molar refractivity (Wildman–Crippen MR) is 137 cm³/mol. The molecule has 1 saturated heterocycles. The van der Waals surface area contributed by atoms with Gasteiger partial charge >= 0.3 is 0 Å². The highest BCUT2D eigenvalue weighted by Crippen LogP contribution is 2.57. The maximum atomic E-state index is 13.8. The normalized spacial score (nSPS) is 29.6. The van der Waals surface area contributed by atoms with Crippen molar-refractivity contribution in [1.29, 1.82) is 0 Å². The van der Waals surface area contributed by atoms with Gasteiger partial charge in [0.15, 0.2) is 9.84 Å². The number of sulfone groups is 1. The van der Waals surface area contributed by atoms with E-state index in [1.807, 2.05) is 19.1 Å². The van der Waals surface area contributed by atoms with Gasteiger partial charge in [0.05, 0.1) is 10.6 Å². The maximum absolute atomic E-state index is 13.8. The van der Waals surface area contributed by atoms with E-state index in [9.17, 15) is 18.3 Å². The van der Waals surface area contributed by atoms with Gasteiger partial charge in [0.1, 0.15) is 5.75 Å². The van der Waals surface area contributed by atoms with E-state index in [4.69, 9.17) is 0 Å². The quantitative estimate of drug-likeness (QED) is 0.645. The van der Waals surface area contributed by atoms with Gasteiger partial charge in [-0.2, -0.15) is 0 Å². The summed E-state index contributed by atoms with van der Waals surface area (Å²) < 4.78 is 26.0. The van der Waals surface area contributed by atoms with Gasteiger partial charge in [-0.05, 0) is 85.3 Å². The summed E-state index contributed by atoms with van der Waals surface area (Å²) in [5.74, 6) is 0.478. The molecule has 1 unspecified atom stereocenters. The summed E-state index contributed by atoms with van der Waals surface area (Å²) >= 11 is 0. The molecule has 2 aromatic rings. The highest BCUT2D eigenvalue weighted by Gasteiger charge is 2.57. The van der Waals surface area contributed by atoms with E-state index in [0.717, 1.165) is 30.4 Å². The van der Waals surface area contributed by atoms with E-state index in [0.29, 0.717) is 30.0 Å². The van der Waals surface area contributed by atoms with Crippen LogP contribution in [0.25, 0.3) is 0 Å². The van der Waals surface area contributed by atoms with E-state index in [-0.39, 0.29) is 40.4 Å². The second-order valence-electron chi connectivity index (χ2n) is 11.8. The zero-order valence-electron chi connectivity index (χ0n) is 21.3. The Labute approximate surface area is 209 Å². The Kier molecular flexibility index (Phi) is 5.82. The molecule has 1 aliphatic heterocycles. The number of rotatable bonds is 4. The second-order valence-corrected chi connectivity index (χ2v) is 13.9. The Morgan fingerprint density at radius 1 is 1.11 bits per heavy atom. The number of aryl methyl sites for hydroxylation is 1. The van der Waals surface area contributed by atoms with E-state index in [1.54, 1.807) is 24.3 Å². The molecule has 35 heavy (non-hydrogen) atoms. The molecule has 5 nitrogen and oxygen atoms in total. The average Bonchev–Trinajstić information content (AvgIpc) is 3.24. The molecular formula is C29H37NO4S. The number of fused-ring (bicyclic) bond motifs is 4. The molecule has 0 spiro atoms. The minimum atomic E-state index is -3.37. The number of hydrogen-bond acceptors (Lipinski definition) is 4. The van der Waals surface area contributed by atoms with Crippen LogP contribution in [-0.4, -0.2) is 42.7 Å². The van der Waals surface area contributed by atoms with Crippen LogP contribution in [0.5, 0.6) is 5.75 Å². The highest BCUT2D eigenvalue weighted by atomic mass is 32.2. The third kappa shape index (κ3) is 3.89. The molecule has 1 N–H and O–H groups in total. The van der Waals surface area contributed by atoms with Crippen molar-refractivity contribution in [3.05, 3.63) is 59.2 Å². The summed E-state index contributed by atoms with van der Waals surface area (Å²) in [6.45, 7) is 9.41. The van der Waals surface area contributed by atoms with Crippen molar-refractivity contribution in [2.24, 2.45) is 17.3 Å². The predicted octanol–water partition coefficient (Wildman–Crippen LogP) is 5.03. The van der Waals surface area contributed by atoms with Crippen LogP contribution >= 0.6 is 0 Å². The van der Waals surface area contributed by atoms with Crippen molar-refractivity contribution in [1.82, 2.24) is 4.90 Å². The summed E-state index contributed by atoms with van der Waals surface area (Å²) in [5.41, 5.74) is 2.89. The number of carbonyl (C=O) groups is 1. The second kappa shape index (κ2) is 8.36. The molecule has 1 amide bonds. The van der Waals surface area contributed by atoms with E-state index in [2.05, 4.69) is 31.7 Å². The van der Waals surface area contributed by atoms with Crippen LogP contribution in [-0.2, 0) is 26.5 Å². The summed E-state index contributed by atoms with van der Waals surface area (Å²) in [6.07, 6.45) is 3.66. The lowest BCUT2D eigenvalue weighted by Crippen LogP contribution is -2.65. The first kappa shape index (κ1) is 24.4. The highest BCUT2D eigenvalue weighted by molar-refractivity contribution is 7.91. The number of benzene rings is 2. The number of nitrogens with zero attached hydrogens (tertiary/aromatic N) is 1. The van der Waals surface area contributed by atoms with Crippen molar-refractivity contribution >= 4 is 15.7 Å². The third-order valence-corrected chi connectivity index (χ3v) is 11.5. The van der Waals surface area contributed by atoms with Crippen LogP contribution in [0.3, 0.4) is 0 Å².